The number of carbonyl (C=O) groups excluding carboxylic acids is 1. The number of rotatable bonds is 4. The molecule has 7 nitrogen and oxygen atoms in total. The van der Waals surface area contributed by atoms with Gasteiger partial charge in [0.05, 0.1) is 4.92 Å². The molecule has 5 rings (SSSR count). The van der Waals surface area contributed by atoms with E-state index in [1.165, 1.54) is 44.7 Å². The molecule has 4 bridgehead atoms. The summed E-state index contributed by atoms with van der Waals surface area (Å²) in [5.41, 5.74) is 0.279. The average Bonchev–Trinajstić information content (AvgIpc) is 2.93. The number of carbonyl (C=O) groups is 1. The Morgan fingerprint density at radius 1 is 1.30 bits per heavy atom. The molecule has 0 spiro atoms. The number of thiazole rings is 1. The third-order valence-corrected chi connectivity index (χ3v) is 6.55. The summed E-state index contributed by atoms with van der Waals surface area (Å²) in [5, 5.41) is 16.4. The van der Waals surface area contributed by atoms with Gasteiger partial charge < -0.3 is 5.32 Å². The van der Waals surface area contributed by atoms with Crippen molar-refractivity contribution in [1.82, 2.24) is 10.3 Å². The third kappa shape index (κ3) is 2.91. The van der Waals surface area contributed by atoms with Crippen molar-refractivity contribution in [3.05, 3.63) is 16.3 Å². The molecule has 0 aromatic carbocycles. The molecule has 1 aromatic rings. The predicted octanol–water partition coefficient (Wildman–Crippen LogP) is 3.39. The maximum atomic E-state index is 12.1. The minimum atomic E-state index is -0.504. The van der Waals surface area contributed by atoms with Gasteiger partial charge in [0.15, 0.2) is 5.13 Å². The highest BCUT2D eigenvalue weighted by molar-refractivity contribution is 7.18. The van der Waals surface area contributed by atoms with Crippen LogP contribution in [-0.2, 0) is 0 Å². The largest absolute Gasteiger partial charge is 0.345 e. The Kier molecular flexibility index (Phi) is 3.51. The van der Waals surface area contributed by atoms with Gasteiger partial charge in [-0.05, 0) is 73.0 Å². The second kappa shape index (κ2) is 5.43. The zero-order valence-corrected chi connectivity index (χ0v) is 13.6. The fourth-order valence-corrected chi connectivity index (χ4v) is 5.95. The molecular formula is C15H20N4O3S. The number of nitrogens with one attached hydrogen (secondary N) is 2. The molecule has 1 aromatic heterocycles. The second-order valence-electron chi connectivity index (χ2n) is 7.49. The van der Waals surface area contributed by atoms with Gasteiger partial charge in [-0.25, -0.2) is 9.78 Å². The maximum absolute atomic E-state index is 12.1. The van der Waals surface area contributed by atoms with Crippen molar-refractivity contribution in [2.75, 3.05) is 11.9 Å². The minimum absolute atomic E-state index is 0.0682. The quantitative estimate of drug-likeness (QED) is 0.650. The average molecular weight is 336 g/mol. The summed E-state index contributed by atoms with van der Waals surface area (Å²) < 4.78 is 0. The normalized spacial score (nSPS) is 34.3. The topological polar surface area (TPSA) is 97.2 Å². The summed E-state index contributed by atoms with van der Waals surface area (Å²) in [6.07, 6.45) is 9.03. The van der Waals surface area contributed by atoms with E-state index < -0.39 is 4.92 Å². The van der Waals surface area contributed by atoms with Crippen molar-refractivity contribution in [2.24, 2.45) is 23.2 Å². The highest BCUT2D eigenvalue weighted by atomic mass is 32.1. The van der Waals surface area contributed by atoms with Crippen LogP contribution in [0.3, 0.4) is 0 Å². The summed E-state index contributed by atoms with van der Waals surface area (Å²) >= 11 is 0.872. The molecule has 4 fully saturated rings. The van der Waals surface area contributed by atoms with Gasteiger partial charge in [-0.1, -0.05) is 0 Å². The molecule has 124 valence electrons. The number of amides is 2. The Morgan fingerprint density at radius 3 is 2.43 bits per heavy atom. The number of hydrogen-bond donors (Lipinski definition) is 2. The number of nitro groups is 1. The molecule has 23 heavy (non-hydrogen) atoms. The van der Waals surface area contributed by atoms with Crippen LogP contribution in [-0.4, -0.2) is 22.5 Å². The van der Waals surface area contributed by atoms with E-state index in [4.69, 9.17) is 0 Å². The lowest BCUT2D eigenvalue weighted by atomic mass is 9.49. The lowest BCUT2D eigenvalue weighted by Crippen LogP contribution is -2.51. The van der Waals surface area contributed by atoms with E-state index in [-0.39, 0.29) is 21.6 Å². The number of hydrogen-bond acceptors (Lipinski definition) is 5. The fraction of sp³-hybridized carbons (Fsp3) is 0.733. The van der Waals surface area contributed by atoms with E-state index in [0.717, 1.165) is 29.1 Å². The fourth-order valence-electron chi connectivity index (χ4n) is 5.32. The molecule has 4 aliphatic rings. The van der Waals surface area contributed by atoms with Crippen LogP contribution < -0.4 is 10.6 Å². The number of anilines is 1. The van der Waals surface area contributed by atoms with Gasteiger partial charge in [-0.3, -0.25) is 15.4 Å². The van der Waals surface area contributed by atoms with Crippen molar-refractivity contribution in [1.29, 1.82) is 0 Å². The summed E-state index contributed by atoms with van der Waals surface area (Å²) in [7, 11) is 0. The van der Waals surface area contributed by atoms with Gasteiger partial charge in [-0.2, -0.15) is 0 Å². The molecule has 4 saturated carbocycles. The first-order chi connectivity index (χ1) is 11.0. The second-order valence-corrected chi connectivity index (χ2v) is 8.50. The Balaban J connectivity index is 1.33. The first kappa shape index (κ1) is 14.9. The van der Waals surface area contributed by atoms with Crippen LogP contribution in [0.5, 0.6) is 0 Å². The Labute approximate surface area is 138 Å². The highest BCUT2D eigenvalue weighted by Crippen LogP contribution is 2.59. The summed E-state index contributed by atoms with van der Waals surface area (Å²) in [5.74, 6) is 2.56. The van der Waals surface area contributed by atoms with Crippen LogP contribution in [0.1, 0.15) is 38.5 Å². The summed E-state index contributed by atoms with van der Waals surface area (Å²) in [4.78, 5) is 26.0. The standard InChI is InChI=1S/C15H20N4O3S/c20-13(18-14-16-7-12(23-14)19(21)22)17-8-15-4-9-1-10(5-15)3-11(2-9)6-15/h7,9-11H,1-6,8H2,(H2,16,17,18,20). The van der Waals surface area contributed by atoms with Crippen molar-refractivity contribution in [3.63, 3.8) is 0 Å². The molecule has 0 radical (unpaired) electrons. The highest BCUT2D eigenvalue weighted by Gasteiger charge is 2.50. The zero-order chi connectivity index (χ0) is 16.0. The molecule has 0 unspecified atom stereocenters. The Bertz CT molecular complexity index is 609. The molecule has 2 amide bonds. The van der Waals surface area contributed by atoms with Crippen LogP contribution in [0, 0.1) is 33.3 Å². The van der Waals surface area contributed by atoms with Gasteiger partial charge in [0.1, 0.15) is 6.20 Å². The zero-order valence-electron chi connectivity index (χ0n) is 12.8. The number of urea groups is 1. The van der Waals surface area contributed by atoms with E-state index in [1.807, 2.05) is 0 Å². The van der Waals surface area contributed by atoms with Crippen molar-refractivity contribution < 1.29 is 9.72 Å². The van der Waals surface area contributed by atoms with Crippen molar-refractivity contribution in [3.8, 4) is 0 Å². The van der Waals surface area contributed by atoms with Crippen LogP contribution in [0.15, 0.2) is 6.20 Å². The van der Waals surface area contributed by atoms with Gasteiger partial charge in [0.2, 0.25) is 0 Å². The van der Waals surface area contributed by atoms with Crippen LogP contribution in [0.4, 0.5) is 14.9 Å². The Morgan fingerprint density at radius 2 is 1.91 bits per heavy atom. The molecule has 4 aliphatic carbocycles. The lowest BCUT2D eigenvalue weighted by Gasteiger charge is -2.56. The molecule has 0 saturated heterocycles. The van der Waals surface area contributed by atoms with E-state index in [1.54, 1.807) is 0 Å². The number of nitrogens with zero attached hydrogens (tertiary/aromatic N) is 2. The minimum Gasteiger partial charge on any atom is -0.337 e. The van der Waals surface area contributed by atoms with Gasteiger partial charge in [0.25, 0.3) is 0 Å². The molecular weight excluding hydrogens is 316 g/mol. The molecule has 0 atom stereocenters. The van der Waals surface area contributed by atoms with Crippen molar-refractivity contribution >= 4 is 27.5 Å². The smallest absolute Gasteiger partial charge is 0.337 e. The Hall–Kier alpha value is -1.70. The van der Waals surface area contributed by atoms with Gasteiger partial charge >= 0.3 is 11.0 Å². The molecule has 2 N–H and O–H groups in total. The van der Waals surface area contributed by atoms with E-state index >= 15 is 0 Å². The first-order valence-electron chi connectivity index (χ1n) is 8.16. The van der Waals surface area contributed by atoms with Crippen LogP contribution in [0.2, 0.25) is 0 Å². The monoisotopic (exact) mass is 336 g/mol. The summed E-state index contributed by atoms with van der Waals surface area (Å²) in [6.45, 7) is 0.704. The van der Waals surface area contributed by atoms with E-state index in [0.29, 0.717) is 6.54 Å². The SMILES string of the molecule is O=C(NCC12CC3CC(CC(C3)C1)C2)Nc1ncc([N+](=O)[O-])s1. The molecule has 8 heteroatoms. The van der Waals surface area contributed by atoms with E-state index in [2.05, 4.69) is 15.6 Å². The third-order valence-electron chi connectivity index (χ3n) is 5.68. The summed E-state index contributed by atoms with van der Waals surface area (Å²) in [6, 6.07) is -0.315. The van der Waals surface area contributed by atoms with Gasteiger partial charge in [0, 0.05) is 6.54 Å². The van der Waals surface area contributed by atoms with E-state index in [9.17, 15) is 14.9 Å². The van der Waals surface area contributed by atoms with Crippen molar-refractivity contribution in [2.45, 2.75) is 38.5 Å². The number of aromatic nitrogens is 1. The first-order valence-corrected chi connectivity index (χ1v) is 8.98. The van der Waals surface area contributed by atoms with Gasteiger partial charge in [-0.15, -0.1) is 0 Å². The van der Waals surface area contributed by atoms with Crippen LogP contribution >= 0.6 is 11.3 Å². The molecule has 0 aliphatic heterocycles. The maximum Gasteiger partial charge on any atom is 0.345 e. The van der Waals surface area contributed by atoms with Crippen LogP contribution in [0.25, 0.3) is 0 Å². The predicted molar refractivity (Wildman–Crippen MR) is 86.4 cm³/mol. The lowest BCUT2D eigenvalue weighted by molar-refractivity contribution is -0.380. The molecule has 1 heterocycles.